The Morgan fingerprint density at radius 3 is 2.88 bits per heavy atom. The van der Waals surface area contributed by atoms with Crippen molar-refractivity contribution in [2.75, 3.05) is 17.4 Å². The molecule has 2 aromatic rings. The molecule has 1 unspecified atom stereocenters. The van der Waals surface area contributed by atoms with E-state index in [1.54, 1.807) is 30.3 Å². The molecule has 0 saturated carbocycles. The second-order valence-corrected chi connectivity index (χ2v) is 7.72. The molecule has 0 spiro atoms. The maximum Gasteiger partial charge on any atom is 0.264 e. The molecule has 3 rings (SSSR count). The Morgan fingerprint density at radius 2 is 2.16 bits per heavy atom. The molecule has 1 aromatic carbocycles. The van der Waals surface area contributed by atoms with E-state index < -0.39 is 16.1 Å². The third kappa shape index (κ3) is 3.58. The quantitative estimate of drug-likeness (QED) is 0.891. The molecule has 0 fully saturated rings. The van der Waals surface area contributed by atoms with E-state index in [1.807, 2.05) is 13.0 Å². The molecule has 2 heterocycles. The lowest BCUT2D eigenvalue weighted by molar-refractivity contribution is -0.119. The van der Waals surface area contributed by atoms with Gasteiger partial charge in [-0.15, -0.1) is 0 Å². The molecule has 1 amide bonds. The number of hydrogen-bond donors (Lipinski definition) is 1. The van der Waals surface area contributed by atoms with Gasteiger partial charge in [-0.3, -0.25) is 9.10 Å². The maximum absolute atomic E-state index is 13.1. The smallest absolute Gasteiger partial charge is 0.264 e. The van der Waals surface area contributed by atoms with Crippen molar-refractivity contribution >= 4 is 21.6 Å². The lowest BCUT2D eigenvalue weighted by Crippen LogP contribution is -2.48. The highest BCUT2D eigenvalue weighted by Crippen LogP contribution is 2.35. The number of amides is 1. The molecule has 8 heteroatoms. The molecule has 25 heavy (non-hydrogen) atoms. The van der Waals surface area contributed by atoms with Gasteiger partial charge < -0.3 is 10.1 Å². The number of rotatable bonds is 4. The minimum Gasteiger partial charge on any atom is -0.469 e. The number of aryl methyl sites for hydroxylation is 1. The van der Waals surface area contributed by atoms with Gasteiger partial charge in [-0.2, -0.15) is 0 Å². The lowest BCUT2D eigenvalue weighted by atomic mass is 10.2. The summed E-state index contributed by atoms with van der Waals surface area (Å²) in [5.74, 6) is 0.0313. The number of aromatic nitrogens is 1. The molecular weight excluding hydrogens is 342 g/mol. The van der Waals surface area contributed by atoms with Crippen molar-refractivity contribution in [3.8, 4) is 5.88 Å². The summed E-state index contributed by atoms with van der Waals surface area (Å²) in [5.41, 5.74) is 1.25. The Labute approximate surface area is 146 Å². The highest BCUT2D eigenvalue weighted by atomic mass is 32.2. The average Bonchev–Trinajstić information content (AvgIpc) is 2.59. The molecule has 0 aliphatic carbocycles. The van der Waals surface area contributed by atoms with Crippen LogP contribution in [0.5, 0.6) is 5.88 Å². The number of anilines is 1. The van der Waals surface area contributed by atoms with Gasteiger partial charge in [0.15, 0.2) is 0 Å². The van der Waals surface area contributed by atoms with E-state index in [0.29, 0.717) is 5.69 Å². The zero-order chi connectivity index (χ0) is 18.0. The van der Waals surface area contributed by atoms with Crippen molar-refractivity contribution < 1.29 is 17.9 Å². The fourth-order valence-electron chi connectivity index (χ4n) is 2.64. The fourth-order valence-corrected chi connectivity index (χ4v) is 4.24. The Hall–Kier alpha value is -2.61. The molecule has 1 aromatic heterocycles. The lowest BCUT2D eigenvalue weighted by Gasteiger charge is -2.34. The van der Waals surface area contributed by atoms with Crippen LogP contribution in [0.3, 0.4) is 0 Å². The summed E-state index contributed by atoms with van der Waals surface area (Å²) in [4.78, 5) is 15.5. The summed E-state index contributed by atoms with van der Waals surface area (Å²) in [7, 11) is -3.77. The predicted molar refractivity (Wildman–Crippen MR) is 93.0 cm³/mol. The summed E-state index contributed by atoms with van der Waals surface area (Å²) in [5, 5.41) is 2.65. The van der Waals surface area contributed by atoms with Crippen LogP contribution in [-0.4, -0.2) is 38.5 Å². The van der Waals surface area contributed by atoms with E-state index in [0.717, 1.165) is 5.56 Å². The van der Waals surface area contributed by atoms with Crippen LogP contribution in [0.25, 0.3) is 0 Å². The SMILES string of the molecule is CC(=O)NCC1CN(S(=O)(=O)c2cccc(C)c2)c2cccnc2O1. The van der Waals surface area contributed by atoms with Gasteiger partial charge in [-0.1, -0.05) is 12.1 Å². The summed E-state index contributed by atoms with van der Waals surface area (Å²) in [6.07, 6.45) is 1.02. The summed E-state index contributed by atoms with van der Waals surface area (Å²) in [6.45, 7) is 3.53. The van der Waals surface area contributed by atoms with Crippen molar-refractivity contribution in [1.29, 1.82) is 0 Å². The van der Waals surface area contributed by atoms with Gasteiger partial charge in [0.2, 0.25) is 11.8 Å². The molecule has 0 bridgehead atoms. The zero-order valence-electron chi connectivity index (χ0n) is 14.0. The van der Waals surface area contributed by atoms with Crippen LogP contribution >= 0.6 is 0 Å². The van der Waals surface area contributed by atoms with Crippen molar-refractivity contribution in [2.24, 2.45) is 0 Å². The minimum absolute atomic E-state index is 0.0925. The van der Waals surface area contributed by atoms with Gasteiger partial charge in [0.1, 0.15) is 11.8 Å². The predicted octanol–water partition coefficient (Wildman–Crippen LogP) is 1.48. The molecule has 1 N–H and O–H groups in total. The number of sulfonamides is 1. The third-order valence-electron chi connectivity index (χ3n) is 3.82. The van der Waals surface area contributed by atoms with Crippen molar-refractivity contribution in [3.63, 3.8) is 0 Å². The number of pyridine rings is 1. The Morgan fingerprint density at radius 1 is 1.36 bits per heavy atom. The minimum atomic E-state index is -3.77. The fraction of sp³-hybridized carbons (Fsp3) is 0.294. The van der Waals surface area contributed by atoms with Crippen LogP contribution in [-0.2, 0) is 14.8 Å². The van der Waals surface area contributed by atoms with Crippen LogP contribution in [0.15, 0.2) is 47.5 Å². The number of carbonyl (C=O) groups excluding carboxylic acids is 1. The third-order valence-corrected chi connectivity index (χ3v) is 5.60. The van der Waals surface area contributed by atoms with Gasteiger partial charge in [0, 0.05) is 13.1 Å². The van der Waals surface area contributed by atoms with Gasteiger partial charge in [-0.25, -0.2) is 13.4 Å². The monoisotopic (exact) mass is 361 g/mol. The molecule has 1 atom stereocenters. The van der Waals surface area contributed by atoms with E-state index >= 15 is 0 Å². The molecular formula is C17H19N3O4S. The first-order valence-corrected chi connectivity index (χ1v) is 9.27. The highest BCUT2D eigenvalue weighted by Gasteiger charge is 2.35. The summed E-state index contributed by atoms with van der Waals surface area (Å²) < 4.78 is 33.3. The molecule has 132 valence electrons. The van der Waals surface area contributed by atoms with E-state index in [9.17, 15) is 13.2 Å². The first-order chi connectivity index (χ1) is 11.9. The van der Waals surface area contributed by atoms with Crippen LogP contribution in [0.4, 0.5) is 5.69 Å². The number of carbonyl (C=O) groups is 1. The normalized spacial score (nSPS) is 16.7. The van der Waals surface area contributed by atoms with Gasteiger partial charge >= 0.3 is 0 Å². The largest absolute Gasteiger partial charge is 0.469 e. The van der Waals surface area contributed by atoms with Gasteiger partial charge in [0.05, 0.1) is 18.0 Å². The standard InChI is InChI=1S/C17H19N3O4S/c1-12-5-3-6-15(9-12)25(22,23)20-11-14(10-19-13(2)21)24-17-16(20)7-4-8-18-17/h3-9,14H,10-11H2,1-2H3,(H,19,21). The number of nitrogens with zero attached hydrogens (tertiary/aromatic N) is 2. The van der Waals surface area contributed by atoms with Crippen LogP contribution < -0.4 is 14.4 Å². The number of benzene rings is 1. The van der Waals surface area contributed by atoms with Crippen molar-refractivity contribution in [1.82, 2.24) is 10.3 Å². The molecule has 0 saturated heterocycles. The highest BCUT2D eigenvalue weighted by molar-refractivity contribution is 7.92. The number of hydrogen-bond acceptors (Lipinski definition) is 5. The van der Waals surface area contributed by atoms with Crippen LogP contribution in [0.2, 0.25) is 0 Å². The van der Waals surface area contributed by atoms with E-state index in [1.165, 1.54) is 17.4 Å². The Bertz CT molecular complexity index is 898. The van der Waals surface area contributed by atoms with Crippen molar-refractivity contribution in [3.05, 3.63) is 48.2 Å². The molecule has 1 aliphatic heterocycles. The summed E-state index contributed by atoms with van der Waals surface area (Å²) in [6, 6.07) is 10.1. The number of fused-ring (bicyclic) bond motifs is 1. The van der Waals surface area contributed by atoms with E-state index in [2.05, 4.69) is 10.3 Å². The average molecular weight is 361 g/mol. The van der Waals surface area contributed by atoms with Gasteiger partial charge in [-0.05, 0) is 36.8 Å². The maximum atomic E-state index is 13.1. The van der Waals surface area contributed by atoms with Gasteiger partial charge in [0.25, 0.3) is 10.0 Å². The van der Waals surface area contributed by atoms with Crippen LogP contribution in [0, 0.1) is 6.92 Å². The van der Waals surface area contributed by atoms with E-state index in [4.69, 9.17) is 4.74 Å². The molecule has 0 radical (unpaired) electrons. The molecule has 1 aliphatic rings. The number of nitrogens with one attached hydrogen (secondary N) is 1. The number of ether oxygens (including phenoxy) is 1. The first kappa shape index (κ1) is 17.2. The second kappa shape index (κ2) is 6.72. The van der Waals surface area contributed by atoms with Crippen LogP contribution in [0.1, 0.15) is 12.5 Å². The topological polar surface area (TPSA) is 88.6 Å². The second-order valence-electron chi connectivity index (χ2n) is 5.86. The van der Waals surface area contributed by atoms with Crippen molar-refractivity contribution in [2.45, 2.75) is 24.8 Å². The molecule has 7 nitrogen and oxygen atoms in total. The zero-order valence-corrected chi connectivity index (χ0v) is 14.8. The first-order valence-electron chi connectivity index (χ1n) is 7.83. The summed E-state index contributed by atoms with van der Waals surface area (Å²) >= 11 is 0. The Kier molecular flexibility index (Phi) is 4.63. The van der Waals surface area contributed by atoms with E-state index in [-0.39, 0.29) is 29.8 Å². The Balaban J connectivity index is 1.99.